The summed E-state index contributed by atoms with van der Waals surface area (Å²) in [6.07, 6.45) is 1.63. The smallest absolute Gasteiger partial charge is 0.288 e. The molecule has 0 unspecified atom stereocenters. The lowest BCUT2D eigenvalue weighted by molar-refractivity contribution is 0.398. The van der Waals surface area contributed by atoms with Crippen molar-refractivity contribution >= 4 is 13.6 Å². The summed E-state index contributed by atoms with van der Waals surface area (Å²) in [7, 11) is -1.64. The van der Waals surface area contributed by atoms with Crippen LogP contribution in [0, 0.1) is 0 Å². The molecule has 4 heteroatoms. The van der Waals surface area contributed by atoms with Crippen LogP contribution in [0.25, 0.3) is 0 Å². The van der Waals surface area contributed by atoms with E-state index < -0.39 is 8.41 Å². The fourth-order valence-electron chi connectivity index (χ4n) is 2.73. The molecule has 0 fully saturated rings. The maximum Gasteiger partial charge on any atom is 0.288 e. The first-order valence-electron chi connectivity index (χ1n) is 6.23. The first kappa shape index (κ1) is 15.2. The third kappa shape index (κ3) is 2.44. The summed E-state index contributed by atoms with van der Waals surface area (Å²) >= 11 is 0. The predicted octanol–water partition coefficient (Wildman–Crippen LogP) is 3.81. The van der Waals surface area contributed by atoms with Crippen molar-refractivity contribution in [1.82, 2.24) is 4.98 Å². The normalized spacial score (nSPS) is 13.6. The highest BCUT2D eigenvalue weighted by Gasteiger charge is 2.56. The Bertz CT molecular complexity index is 407. The van der Waals surface area contributed by atoms with Crippen LogP contribution in [0.15, 0.2) is 18.3 Å². The quantitative estimate of drug-likeness (QED) is 0.601. The molecule has 1 aromatic rings. The van der Waals surface area contributed by atoms with Gasteiger partial charge in [-0.15, -0.1) is 0 Å². The summed E-state index contributed by atoms with van der Waals surface area (Å²) in [6, 6.07) is 3.55. The molecule has 18 heavy (non-hydrogen) atoms. The van der Waals surface area contributed by atoms with Gasteiger partial charge < -0.3 is 8.84 Å². The van der Waals surface area contributed by atoms with Crippen LogP contribution in [0.3, 0.4) is 0 Å². The average Bonchev–Trinajstić information content (AvgIpc) is 2.25. The Balaban J connectivity index is 3.45. The van der Waals surface area contributed by atoms with E-state index >= 15 is 4.11 Å². The van der Waals surface area contributed by atoms with Gasteiger partial charge in [0, 0.05) is 12.3 Å². The van der Waals surface area contributed by atoms with Crippen LogP contribution in [0.5, 0.6) is 5.88 Å². The summed E-state index contributed by atoms with van der Waals surface area (Å²) in [5.74, 6) is 0.482. The molecule has 0 aliphatic rings. The first-order valence-corrected chi connectivity index (χ1v) is 8.11. The van der Waals surface area contributed by atoms with Crippen LogP contribution < -0.4 is 9.92 Å². The molecule has 0 atom stereocenters. The minimum atomic E-state index is -3.20. The Morgan fingerprint density at radius 3 is 2.00 bits per heavy atom. The molecule has 0 N–H and O–H groups in total. The second-order valence-corrected chi connectivity index (χ2v) is 11.6. The van der Waals surface area contributed by atoms with E-state index in [0.29, 0.717) is 5.88 Å². The van der Waals surface area contributed by atoms with E-state index in [9.17, 15) is 0 Å². The fraction of sp³-hybridized carbons (Fsp3) is 0.643. The van der Waals surface area contributed by atoms with Crippen molar-refractivity contribution in [2.45, 2.75) is 51.6 Å². The Hall–Kier alpha value is -0.903. The topological polar surface area (TPSA) is 22.1 Å². The van der Waals surface area contributed by atoms with Gasteiger partial charge in [0.25, 0.3) is 8.41 Å². The predicted molar refractivity (Wildman–Crippen MR) is 76.7 cm³/mol. The maximum atomic E-state index is 15.9. The van der Waals surface area contributed by atoms with Gasteiger partial charge in [-0.25, -0.2) is 4.98 Å². The third-order valence-corrected chi connectivity index (χ3v) is 8.65. The van der Waals surface area contributed by atoms with E-state index in [2.05, 4.69) is 4.98 Å². The number of hydrogen-bond donors (Lipinski definition) is 0. The van der Waals surface area contributed by atoms with Crippen LogP contribution in [-0.4, -0.2) is 20.5 Å². The van der Waals surface area contributed by atoms with Crippen molar-refractivity contribution in [2.75, 3.05) is 7.11 Å². The fourth-order valence-corrected chi connectivity index (χ4v) is 7.33. The number of ether oxygens (including phenoxy) is 1. The molecule has 0 aromatic carbocycles. The summed E-state index contributed by atoms with van der Waals surface area (Å²) in [5, 5.41) is 0.00392. The van der Waals surface area contributed by atoms with Gasteiger partial charge in [0.2, 0.25) is 5.88 Å². The maximum absolute atomic E-state index is 15.9. The van der Waals surface area contributed by atoms with E-state index in [-0.39, 0.29) is 10.1 Å². The molecule has 0 saturated carbocycles. The summed E-state index contributed by atoms with van der Waals surface area (Å²) in [5.41, 5.74) is 0. The molecule has 1 heterocycles. The number of nitrogens with zero attached hydrogens (tertiary/aromatic N) is 1. The summed E-state index contributed by atoms with van der Waals surface area (Å²) < 4.78 is 21.0. The van der Waals surface area contributed by atoms with Crippen LogP contribution in [-0.2, 0) is 0 Å². The highest BCUT2D eigenvalue weighted by atomic mass is 28.4. The number of methoxy groups -OCH3 is 1. The Kier molecular flexibility index (Phi) is 3.91. The highest BCUT2D eigenvalue weighted by Crippen LogP contribution is 2.51. The molecular formula is C14H24FNOSi. The van der Waals surface area contributed by atoms with Gasteiger partial charge >= 0.3 is 0 Å². The lowest BCUT2D eigenvalue weighted by atomic mass is 10.2. The average molecular weight is 269 g/mol. The number of rotatable bonds is 2. The van der Waals surface area contributed by atoms with Gasteiger partial charge in [-0.1, -0.05) is 41.5 Å². The van der Waals surface area contributed by atoms with E-state index in [1.54, 1.807) is 25.4 Å². The molecule has 0 aliphatic heterocycles. The van der Waals surface area contributed by atoms with Crippen molar-refractivity contribution < 1.29 is 8.84 Å². The zero-order valence-corrected chi connectivity index (χ0v) is 13.5. The van der Waals surface area contributed by atoms with Gasteiger partial charge in [-0.2, -0.15) is 0 Å². The molecule has 1 rings (SSSR count). The van der Waals surface area contributed by atoms with Gasteiger partial charge in [0.15, 0.2) is 0 Å². The van der Waals surface area contributed by atoms with Crippen molar-refractivity contribution in [3.05, 3.63) is 18.3 Å². The number of hydrogen-bond acceptors (Lipinski definition) is 2. The largest absolute Gasteiger partial charge is 0.481 e. The molecule has 0 amide bonds. The second kappa shape index (κ2) is 4.65. The van der Waals surface area contributed by atoms with Crippen molar-refractivity contribution in [2.24, 2.45) is 0 Å². The molecular weight excluding hydrogens is 245 g/mol. The van der Waals surface area contributed by atoms with E-state index in [1.807, 2.05) is 41.5 Å². The van der Waals surface area contributed by atoms with Crippen LogP contribution in [0.2, 0.25) is 10.1 Å². The minimum Gasteiger partial charge on any atom is -0.481 e. The highest BCUT2D eigenvalue weighted by molar-refractivity contribution is 6.90. The second-order valence-electron chi connectivity index (χ2n) is 6.75. The van der Waals surface area contributed by atoms with Crippen molar-refractivity contribution in [3.8, 4) is 5.88 Å². The number of halogens is 1. The van der Waals surface area contributed by atoms with Gasteiger partial charge in [0.1, 0.15) is 0 Å². The van der Waals surface area contributed by atoms with Crippen molar-refractivity contribution in [3.63, 3.8) is 0 Å². The minimum absolute atomic E-state index is 0.377. The molecule has 1 aromatic heterocycles. The van der Waals surface area contributed by atoms with Crippen LogP contribution in [0.1, 0.15) is 41.5 Å². The molecule has 0 spiro atoms. The Morgan fingerprint density at radius 1 is 1.11 bits per heavy atom. The number of pyridine rings is 1. The molecule has 2 nitrogen and oxygen atoms in total. The van der Waals surface area contributed by atoms with Gasteiger partial charge in [-0.05, 0) is 21.3 Å². The third-order valence-electron chi connectivity index (χ3n) is 3.41. The Labute approximate surface area is 111 Å². The molecule has 0 aliphatic carbocycles. The van der Waals surface area contributed by atoms with Crippen LogP contribution >= 0.6 is 0 Å². The van der Waals surface area contributed by atoms with Gasteiger partial charge in [0.05, 0.1) is 7.11 Å². The standard InChI is InChI=1S/C14H24FNOSi/c1-13(2,3)18(15,14(4,5)6)11-8-9-16-12(10-11)17-7/h8-10H,1-7H3. The number of aromatic nitrogens is 1. The molecule has 102 valence electrons. The van der Waals surface area contributed by atoms with Crippen LogP contribution in [0.4, 0.5) is 4.11 Å². The first-order chi connectivity index (χ1) is 8.04. The zero-order valence-electron chi connectivity index (χ0n) is 12.5. The summed E-state index contributed by atoms with van der Waals surface area (Å²) in [4.78, 5) is 4.07. The zero-order chi connectivity index (χ0) is 14.2. The van der Waals surface area contributed by atoms with E-state index in [0.717, 1.165) is 5.19 Å². The SMILES string of the molecule is COc1cc([Si](F)(C(C)(C)C)C(C)(C)C)ccn1. The monoisotopic (exact) mass is 269 g/mol. The summed E-state index contributed by atoms with van der Waals surface area (Å²) in [6.45, 7) is 11.9. The molecule has 0 radical (unpaired) electrons. The lowest BCUT2D eigenvalue weighted by Crippen LogP contribution is -2.57. The van der Waals surface area contributed by atoms with Gasteiger partial charge in [-0.3, -0.25) is 0 Å². The molecule has 0 bridgehead atoms. The lowest BCUT2D eigenvalue weighted by Gasteiger charge is -2.44. The van der Waals surface area contributed by atoms with E-state index in [1.165, 1.54) is 0 Å². The van der Waals surface area contributed by atoms with E-state index in [4.69, 9.17) is 4.74 Å². The molecule has 0 saturated heterocycles. The van der Waals surface area contributed by atoms with Crippen molar-refractivity contribution in [1.29, 1.82) is 0 Å². The Morgan fingerprint density at radius 2 is 1.61 bits per heavy atom.